The number of fused-ring (bicyclic) bond motifs is 1. The van der Waals surface area contributed by atoms with Crippen molar-refractivity contribution in [3.63, 3.8) is 0 Å². The summed E-state index contributed by atoms with van der Waals surface area (Å²) < 4.78 is 21.2. The molecule has 3 aromatic carbocycles. The average Bonchev–Trinajstić information content (AvgIpc) is 3.20. The molecule has 1 aliphatic heterocycles. The minimum Gasteiger partial charge on any atom is -0.497 e. The normalized spacial score (nSPS) is 16.1. The summed E-state index contributed by atoms with van der Waals surface area (Å²) in [7, 11) is 5.00. The summed E-state index contributed by atoms with van der Waals surface area (Å²) in [6, 6.07) is 21.1. The number of nitrogens with zero attached hydrogens (tertiary/aromatic N) is 1. The van der Waals surface area contributed by atoms with Gasteiger partial charge in [-0.15, -0.1) is 0 Å². The Balaban J connectivity index is 0.000000334. The number of hydrogen-bond acceptors (Lipinski definition) is 7. The van der Waals surface area contributed by atoms with Crippen molar-refractivity contribution in [1.82, 2.24) is 0 Å². The van der Waals surface area contributed by atoms with Gasteiger partial charge < -0.3 is 34.4 Å². The van der Waals surface area contributed by atoms with Gasteiger partial charge in [-0.25, -0.2) is 0 Å². The van der Waals surface area contributed by atoms with E-state index in [9.17, 15) is 0 Å². The van der Waals surface area contributed by atoms with E-state index in [1.54, 1.807) is 45.6 Å². The summed E-state index contributed by atoms with van der Waals surface area (Å²) in [4.78, 5) is 2.29. The quantitative estimate of drug-likeness (QED) is 0.137. The Kier molecular flexibility index (Phi) is 12.9. The summed E-state index contributed by atoms with van der Waals surface area (Å²) in [6.07, 6.45) is 4.07. The van der Waals surface area contributed by atoms with Crippen molar-refractivity contribution in [2.75, 3.05) is 46.0 Å². The van der Waals surface area contributed by atoms with Crippen molar-refractivity contribution in [2.45, 2.75) is 25.7 Å². The molecule has 0 amide bonds. The van der Waals surface area contributed by atoms with Gasteiger partial charge in [-0.1, -0.05) is 24.3 Å². The monoisotopic (exact) mass is 604 g/mol. The van der Waals surface area contributed by atoms with E-state index >= 15 is 0 Å². The van der Waals surface area contributed by atoms with Gasteiger partial charge in [0, 0.05) is 59.0 Å². The SMILES string of the molecule is CCN1/C(=C\C=N)C(C)(Cc2ccccc2OC)c2cc(OC)ccc21.COCCOc1cccc(C(=N)O)c1.[Co]. The molecule has 0 bridgehead atoms. The number of aliphatic hydroxyl groups is 1. The van der Waals surface area contributed by atoms with E-state index in [2.05, 4.69) is 36.9 Å². The molecule has 0 aliphatic carbocycles. The first-order chi connectivity index (χ1) is 19.3. The number of anilines is 1. The van der Waals surface area contributed by atoms with Gasteiger partial charge in [0.25, 0.3) is 0 Å². The Morgan fingerprint density at radius 1 is 0.951 bits per heavy atom. The van der Waals surface area contributed by atoms with Gasteiger partial charge >= 0.3 is 0 Å². The molecule has 0 fully saturated rings. The van der Waals surface area contributed by atoms with Crippen LogP contribution in [0.5, 0.6) is 17.2 Å². The largest absolute Gasteiger partial charge is 0.497 e. The van der Waals surface area contributed by atoms with E-state index in [1.807, 2.05) is 30.3 Å². The van der Waals surface area contributed by atoms with Crippen LogP contribution in [0.15, 0.2) is 78.5 Å². The predicted molar refractivity (Wildman–Crippen MR) is 160 cm³/mol. The van der Waals surface area contributed by atoms with E-state index in [0.717, 1.165) is 35.7 Å². The first-order valence-corrected chi connectivity index (χ1v) is 13.1. The average molecular weight is 605 g/mol. The smallest absolute Gasteiger partial charge is 0.210 e. The third kappa shape index (κ3) is 7.91. The number of aliphatic hydroxyl groups excluding tert-OH is 1. The van der Waals surface area contributed by atoms with Crippen LogP contribution in [0.4, 0.5) is 5.69 Å². The van der Waals surface area contributed by atoms with Gasteiger partial charge in [0.1, 0.15) is 23.9 Å². The number of methoxy groups -OCH3 is 3. The minimum atomic E-state index is -0.456. The van der Waals surface area contributed by atoms with Gasteiger partial charge in [-0.3, -0.25) is 5.41 Å². The molecule has 1 unspecified atom stereocenters. The molecule has 1 radical (unpaired) electrons. The number of rotatable bonds is 11. The number of likely N-dealkylation sites (N-methyl/N-ethyl adjacent to an activating group) is 1. The van der Waals surface area contributed by atoms with Crippen LogP contribution in [-0.4, -0.2) is 58.3 Å². The molecule has 3 N–H and O–H groups in total. The van der Waals surface area contributed by atoms with Crippen molar-refractivity contribution in [3.8, 4) is 17.2 Å². The Morgan fingerprint density at radius 3 is 2.34 bits per heavy atom. The molecule has 3 aromatic rings. The zero-order chi connectivity index (χ0) is 29.1. The van der Waals surface area contributed by atoms with E-state index < -0.39 is 5.90 Å². The molecular weight excluding hydrogens is 565 g/mol. The van der Waals surface area contributed by atoms with Crippen LogP contribution in [-0.2, 0) is 33.4 Å². The van der Waals surface area contributed by atoms with Crippen LogP contribution in [0.1, 0.15) is 30.5 Å². The molecule has 0 spiro atoms. The molecule has 0 saturated carbocycles. The second kappa shape index (κ2) is 15.9. The van der Waals surface area contributed by atoms with E-state index in [4.69, 9.17) is 34.9 Å². The molecular formula is C32H39CoN3O5. The summed E-state index contributed by atoms with van der Waals surface area (Å²) in [6.45, 7) is 6.20. The van der Waals surface area contributed by atoms with Crippen molar-refractivity contribution in [1.29, 1.82) is 10.8 Å². The molecule has 0 saturated heterocycles. The van der Waals surface area contributed by atoms with Crippen LogP contribution in [0, 0.1) is 10.8 Å². The Labute approximate surface area is 253 Å². The standard InChI is InChI=1S/C22H26N2O2.C10H13NO3.Co/c1-5-24-19-11-10-17(25-3)14-18(19)22(2,21(24)12-13-23)15-16-8-6-7-9-20(16)26-4;1-13-5-6-14-9-4-2-3-8(7-9)10(11)12;/h6-14,23H,5,15H2,1-4H3;2-4,7H,5-6H2,1H3,(H2,11,12);/b21-12-,23-13?;;. The first kappa shape index (κ1) is 33.4. The van der Waals surface area contributed by atoms with Crippen LogP contribution >= 0.6 is 0 Å². The number of benzene rings is 3. The molecule has 221 valence electrons. The molecule has 41 heavy (non-hydrogen) atoms. The van der Waals surface area contributed by atoms with Crippen molar-refractivity contribution < 1.29 is 40.8 Å². The fourth-order valence-electron chi connectivity index (χ4n) is 4.97. The number of ether oxygens (including phenoxy) is 4. The van der Waals surface area contributed by atoms with Crippen LogP contribution in [0.25, 0.3) is 0 Å². The van der Waals surface area contributed by atoms with Gasteiger partial charge in [0.2, 0.25) is 5.90 Å². The maximum atomic E-state index is 8.92. The summed E-state index contributed by atoms with van der Waals surface area (Å²) in [5, 5.41) is 23.6. The van der Waals surface area contributed by atoms with Crippen molar-refractivity contribution in [3.05, 3.63) is 95.2 Å². The number of nitrogens with one attached hydrogen (secondary N) is 2. The van der Waals surface area contributed by atoms with Crippen LogP contribution < -0.4 is 19.1 Å². The second-order valence-corrected chi connectivity index (χ2v) is 9.38. The van der Waals surface area contributed by atoms with Crippen LogP contribution in [0.3, 0.4) is 0 Å². The maximum Gasteiger partial charge on any atom is 0.210 e. The Bertz CT molecular complexity index is 1350. The van der Waals surface area contributed by atoms with Crippen LogP contribution in [0.2, 0.25) is 0 Å². The number of allylic oxidation sites excluding steroid dienone is 2. The topological polar surface area (TPSA) is 108 Å². The van der Waals surface area contributed by atoms with Gasteiger partial charge in [0.15, 0.2) is 0 Å². The Morgan fingerprint density at radius 2 is 1.71 bits per heavy atom. The fourth-order valence-corrected chi connectivity index (χ4v) is 4.97. The van der Waals surface area contributed by atoms with Gasteiger partial charge in [-0.2, -0.15) is 0 Å². The first-order valence-electron chi connectivity index (χ1n) is 13.1. The summed E-state index contributed by atoms with van der Waals surface area (Å²) in [5.74, 6) is 1.91. The zero-order valence-corrected chi connectivity index (χ0v) is 25.2. The summed E-state index contributed by atoms with van der Waals surface area (Å²) >= 11 is 0. The Hall–Kier alpha value is -3.79. The number of para-hydroxylation sites is 1. The fraction of sp³-hybridized carbons (Fsp3) is 0.312. The van der Waals surface area contributed by atoms with E-state index in [-0.39, 0.29) is 22.2 Å². The predicted octanol–water partition coefficient (Wildman–Crippen LogP) is 6.17. The van der Waals surface area contributed by atoms with E-state index in [0.29, 0.717) is 24.5 Å². The molecule has 1 atom stereocenters. The van der Waals surface area contributed by atoms with Crippen molar-refractivity contribution >= 4 is 17.8 Å². The summed E-state index contributed by atoms with van der Waals surface area (Å²) in [5.41, 5.74) is 4.85. The van der Waals surface area contributed by atoms with Gasteiger partial charge in [-0.05, 0) is 79.9 Å². The third-order valence-electron chi connectivity index (χ3n) is 6.90. The second-order valence-electron chi connectivity index (χ2n) is 9.38. The molecule has 1 aliphatic rings. The number of hydrogen-bond donors (Lipinski definition) is 3. The third-order valence-corrected chi connectivity index (χ3v) is 6.90. The molecule has 9 heteroatoms. The maximum absolute atomic E-state index is 8.92. The molecule has 8 nitrogen and oxygen atoms in total. The zero-order valence-electron chi connectivity index (χ0n) is 24.2. The molecule has 1 heterocycles. The molecule has 0 aromatic heterocycles. The minimum absolute atomic E-state index is 0. The molecule has 4 rings (SSSR count). The van der Waals surface area contributed by atoms with Gasteiger partial charge in [0.05, 0.1) is 20.8 Å². The van der Waals surface area contributed by atoms with Crippen molar-refractivity contribution in [2.24, 2.45) is 0 Å². The van der Waals surface area contributed by atoms with E-state index in [1.165, 1.54) is 17.5 Å².